The van der Waals surface area contributed by atoms with E-state index in [0.717, 1.165) is 41.7 Å². The summed E-state index contributed by atoms with van der Waals surface area (Å²) in [5, 5.41) is 9.16. The van der Waals surface area contributed by atoms with Crippen molar-refractivity contribution in [3.8, 4) is 16.5 Å². The number of carbonyl (C=O) groups excluding carboxylic acids is 1. The third kappa shape index (κ3) is 7.40. The standard InChI is InChI=1S/C30H29N3O6S.C5H10O2/c1-19-23-26(34)33(30(2,3)28(35)39-18-20-10-6-5-7-11-20)29(36)32(16-14-21-12-8-9-13-22(21)37-4)27(23)40-24(19)25-31-15-17-38-25;6-5-1-3-7-4-2-5/h5-13,15,17H,14,16,18H2,1-4H3;5-6H,1-4H2. The van der Waals surface area contributed by atoms with Gasteiger partial charge < -0.3 is 23.7 Å². The van der Waals surface area contributed by atoms with Crippen LogP contribution < -0.4 is 16.0 Å². The Bertz CT molecular complexity index is 1920. The van der Waals surface area contributed by atoms with E-state index >= 15 is 0 Å². The largest absolute Gasteiger partial charge is 0.496 e. The lowest BCUT2D eigenvalue weighted by Crippen LogP contribution is -2.53. The van der Waals surface area contributed by atoms with Gasteiger partial charge >= 0.3 is 11.7 Å². The average molecular weight is 662 g/mol. The number of aromatic nitrogens is 3. The number of aliphatic hydroxyl groups excluding tert-OH is 1. The van der Waals surface area contributed by atoms with E-state index in [1.54, 1.807) is 18.6 Å². The number of aryl methyl sites for hydroxylation is 3. The predicted octanol–water partition coefficient (Wildman–Crippen LogP) is 5.08. The van der Waals surface area contributed by atoms with Crippen LogP contribution in [-0.4, -0.2) is 51.6 Å². The van der Waals surface area contributed by atoms with Gasteiger partial charge in [0, 0.05) is 19.8 Å². The second-order valence-electron chi connectivity index (χ2n) is 11.7. The molecule has 1 N–H and O–H groups in total. The Morgan fingerprint density at radius 3 is 2.43 bits per heavy atom. The van der Waals surface area contributed by atoms with Crippen LogP contribution in [0, 0.1) is 6.92 Å². The molecule has 0 aliphatic carbocycles. The zero-order valence-corrected chi connectivity index (χ0v) is 27.7. The molecule has 0 atom stereocenters. The fraction of sp³-hybridized carbons (Fsp3) is 0.371. The number of carbonyl (C=O) groups is 1. The number of methoxy groups -OCH3 is 1. The van der Waals surface area contributed by atoms with Crippen molar-refractivity contribution in [2.75, 3.05) is 20.3 Å². The Morgan fingerprint density at radius 1 is 1.09 bits per heavy atom. The van der Waals surface area contributed by atoms with Gasteiger partial charge in [0.05, 0.1) is 29.7 Å². The number of aliphatic hydroxyl groups is 1. The first-order valence-corrected chi connectivity index (χ1v) is 16.2. The van der Waals surface area contributed by atoms with Crippen molar-refractivity contribution in [2.24, 2.45) is 0 Å². The summed E-state index contributed by atoms with van der Waals surface area (Å²) in [6.45, 7) is 6.58. The van der Waals surface area contributed by atoms with Gasteiger partial charge in [-0.15, -0.1) is 11.3 Å². The van der Waals surface area contributed by atoms with Crippen LogP contribution in [0.15, 0.2) is 81.1 Å². The molecule has 1 saturated heterocycles. The van der Waals surface area contributed by atoms with Crippen LogP contribution >= 0.6 is 11.3 Å². The summed E-state index contributed by atoms with van der Waals surface area (Å²) in [6.07, 6.45) is 4.99. The third-order valence-electron chi connectivity index (χ3n) is 8.10. The average Bonchev–Trinajstić information content (AvgIpc) is 3.73. The van der Waals surface area contributed by atoms with Gasteiger partial charge in [-0.2, -0.15) is 0 Å². The summed E-state index contributed by atoms with van der Waals surface area (Å²) in [4.78, 5) is 46.8. The van der Waals surface area contributed by atoms with Crippen LogP contribution in [0.3, 0.4) is 0 Å². The number of ether oxygens (including phenoxy) is 3. The van der Waals surface area contributed by atoms with E-state index < -0.39 is 22.8 Å². The maximum atomic E-state index is 14.1. The zero-order chi connectivity index (χ0) is 33.6. The van der Waals surface area contributed by atoms with Gasteiger partial charge in [0.2, 0.25) is 5.89 Å². The van der Waals surface area contributed by atoms with E-state index in [1.165, 1.54) is 37.6 Å². The zero-order valence-electron chi connectivity index (χ0n) is 26.9. The molecule has 1 aliphatic heterocycles. The van der Waals surface area contributed by atoms with Gasteiger partial charge in [-0.05, 0) is 62.8 Å². The molecule has 47 heavy (non-hydrogen) atoms. The molecular weight excluding hydrogens is 622 g/mol. The summed E-state index contributed by atoms with van der Waals surface area (Å²) in [5.41, 5.74) is -0.420. The molecule has 2 aromatic carbocycles. The van der Waals surface area contributed by atoms with Gasteiger partial charge in [0.25, 0.3) is 5.56 Å². The van der Waals surface area contributed by atoms with Crippen LogP contribution in [0.25, 0.3) is 21.0 Å². The number of hydrogen-bond acceptors (Lipinski definition) is 10. The highest BCUT2D eigenvalue weighted by Gasteiger charge is 2.37. The minimum atomic E-state index is -1.58. The van der Waals surface area contributed by atoms with Crippen molar-refractivity contribution < 1.29 is 28.5 Å². The molecule has 12 heteroatoms. The number of esters is 1. The Balaban J connectivity index is 0.000000549. The third-order valence-corrected chi connectivity index (χ3v) is 9.40. The molecule has 6 rings (SSSR count). The Hall–Kier alpha value is -4.52. The fourth-order valence-corrected chi connectivity index (χ4v) is 6.65. The second-order valence-corrected chi connectivity index (χ2v) is 12.7. The summed E-state index contributed by atoms with van der Waals surface area (Å²) in [7, 11) is 1.60. The molecule has 0 amide bonds. The summed E-state index contributed by atoms with van der Waals surface area (Å²) < 4.78 is 24.1. The van der Waals surface area contributed by atoms with Crippen LogP contribution in [0.5, 0.6) is 5.75 Å². The highest BCUT2D eigenvalue weighted by Crippen LogP contribution is 2.36. The van der Waals surface area contributed by atoms with Gasteiger partial charge in [0.1, 0.15) is 29.0 Å². The number of hydrogen-bond donors (Lipinski definition) is 1. The maximum absolute atomic E-state index is 14.1. The Morgan fingerprint density at radius 2 is 1.79 bits per heavy atom. The lowest BCUT2D eigenvalue weighted by molar-refractivity contribution is -0.154. The molecule has 0 bridgehead atoms. The summed E-state index contributed by atoms with van der Waals surface area (Å²) in [6, 6.07) is 16.8. The van der Waals surface area contributed by atoms with Crippen molar-refractivity contribution in [3.63, 3.8) is 0 Å². The molecule has 4 heterocycles. The van der Waals surface area contributed by atoms with E-state index in [9.17, 15) is 14.4 Å². The number of benzene rings is 2. The lowest BCUT2D eigenvalue weighted by Gasteiger charge is -2.26. The highest BCUT2D eigenvalue weighted by atomic mass is 32.1. The van der Waals surface area contributed by atoms with Gasteiger partial charge in [-0.25, -0.2) is 19.1 Å². The van der Waals surface area contributed by atoms with Gasteiger partial charge in [0.15, 0.2) is 0 Å². The lowest BCUT2D eigenvalue weighted by atomic mass is 10.0. The molecular formula is C35H39N3O8S. The number of oxazole rings is 1. The Labute approximate surface area is 276 Å². The fourth-order valence-electron chi connectivity index (χ4n) is 5.39. The summed E-state index contributed by atoms with van der Waals surface area (Å²) >= 11 is 1.26. The summed E-state index contributed by atoms with van der Waals surface area (Å²) in [5.74, 6) is 0.370. The van der Waals surface area contributed by atoms with E-state index in [0.29, 0.717) is 38.7 Å². The smallest absolute Gasteiger partial charge is 0.333 e. The number of thiophene rings is 1. The predicted molar refractivity (Wildman–Crippen MR) is 179 cm³/mol. The molecule has 0 saturated carbocycles. The molecule has 1 aliphatic rings. The van der Waals surface area contributed by atoms with Crippen LogP contribution in [0.4, 0.5) is 0 Å². The molecule has 248 valence electrons. The quantitative estimate of drug-likeness (QED) is 0.215. The van der Waals surface area contributed by atoms with E-state index in [4.69, 9.17) is 23.7 Å². The Kier molecular flexibility index (Phi) is 10.7. The minimum absolute atomic E-state index is 0.0217. The minimum Gasteiger partial charge on any atom is -0.496 e. The van der Waals surface area contributed by atoms with Crippen LogP contribution in [-0.2, 0) is 39.4 Å². The second kappa shape index (κ2) is 14.9. The molecule has 3 aromatic heterocycles. The van der Waals surface area contributed by atoms with Gasteiger partial charge in [-0.1, -0.05) is 48.5 Å². The van der Waals surface area contributed by atoms with E-state index in [-0.39, 0.29) is 19.3 Å². The van der Waals surface area contributed by atoms with Crippen molar-refractivity contribution in [1.82, 2.24) is 14.1 Å². The van der Waals surface area contributed by atoms with Crippen molar-refractivity contribution >= 4 is 27.5 Å². The number of fused-ring (bicyclic) bond motifs is 1. The van der Waals surface area contributed by atoms with Crippen molar-refractivity contribution in [1.29, 1.82) is 0 Å². The van der Waals surface area contributed by atoms with Gasteiger partial charge in [-0.3, -0.25) is 9.36 Å². The molecule has 0 spiro atoms. The van der Waals surface area contributed by atoms with E-state index in [1.807, 2.05) is 54.6 Å². The first-order valence-electron chi connectivity index (χ1n) is 15.4. The van der Waals surface area contributed by atoms with Crippen LogP contribution in [0.2, 0.25) is 0 Å². The number of nitrogens with zero attached hydrogens (tertiary/aromatic N) is 3. The topological polar surface area (TPSA) is 135 Å². The van der Waals surface area contributed by atoms with E-state index in [2.05, 4.69) is 4.98 Å². The molecule has 0 unspecified atom stereocenters. The first kappa shape index (κ1) is 33.8. The molecule has 0 radical (unpaired) electrons. The van der Waals surface area contributed by atoms with Crippen molar-refractivity contribution in [2.45, 2.75) is 64.8 Å². The number of rotatable bonds is 9. The van der Waals surface area contributed by atoms with Crippen LogP contribution in [0.1, 0.15) is 43.4 Å². The molecule has 5 aromatic rings. The molecule has 11 nitrogen and oxygen atoms in total. The maximum Gasteiger partial charge on any atom is 0.333 e. The van der Waals surface area contributed by atoms with Crippen molar-refractivity contribution in [3.05, 3.63) is 105 Å². The number of para-hydroxylation sites is 1. The monoisotopic (exact) mass is 661 g/mol. The first-order chi connectivity index (χ1) is 22.6. The normalized spacial score (nSPS) is 13.6. The highest BCUT2D eigenvalue weighted by molar-refractivity contribution is 7.22. The SMILES string of the molecule is COc1ccccc1CCn1c(=O)n(C(C)(C)C(=O)OCc2ccccc2)c(=O)c2c(C)c(-c3ncco3)sc21.OC1CCOCC1. The molecule has 1 fully saturated rings.